The van der Waals surface area contributed by atoms with E-state index in [4.69, 9.17) is 9.47 Å². The van der Waals surface area contributed by atoms with Crippen molar-refractivity contribution < 1.29 is 19.4 Å². The smallest absolute Gasteiger partial charge is 0.320 e. The summed E-state index contributed by atoms with van der Waals surface area (Å²) in [5, 5.41) is 9.77. The van der Waals surface area contributed by atoms with Crippen molar-refractivity contribution in [2.75, 3.05) is 39.5 Å². The molecule has 5 heteroatoms. The fourth-order valence-corrected chi connectivity index (χ4v) is 1.51. The Hall–Kier alpha value is -0.650. The monoisotopic (exact) mass is 261 g/mol. The van der Waals surface area contributed by atoms with Crippen molar-refractivity contribution >= 4 is 5.97 Å². The van der Waals surface area contributed by atoms with Crippen LogP contribution in [0.25, 0.3) is 0 Å². The van der Waals surface area contributed by atoms with Crippen molar-refractivity contribution in [2.24, 2.45) is 0 Å². The molecule has 5 nitrogen and oxygen atoms in total. The highest BCUT2D eigenvalue weighted by molar-refractivity contribution is 5.71. The number of esters is 1. The highest BCUT2D eigenvalue weighted by Gasteiger charge is 2.14. The van der Waals surface area contributed by atoms with Gasteiger partial charge in [-0.15, -0.1) is 0 Å². The van der Waals surface area contributed by atoms with Crippen LogP contribution in [0.15, 0.2) is 0 Å². The average Bonchev–Trinajstić information content (AvgIpc) is 2.34. The van der Waals surface area contributed by atoms with Crippen molar-refractivity contribution in [1.29, 1.82) is 0 Å². The molecule has 0 aromatic heterocycles. The van der Waals surface area contributed by atoms with Gasteiger partial charge in [0, 0.05) is 13.2 Å². The molecule has 0 aromatic carbocycles. The third kappa shape index (κ3) is 9.39. The van der Waals surface area contributed by atoms with Gasteiger partial charge in [0.25, 0.3) is 0 Å². The third-order valence-corrected chi connectivity index (χ3v) is 2.53. The second-order valence-electron chi connectivity index (χ2n) is 4.22. The number of hydrogen-bond acceptors (Lipinski definition) is 5. The summed E-state index contributed by atoms with van der Waals surface area (Å²) in [5.74, 6) is -0.251. The van der Waals surface area contributed by atoms with Gasteiger partial charge >= 0.3 is 5.97 Å². The lowest BCUT2D eigenvalue weighted by Crippen LogP contribution is -2.38. The maximum absolute atomic E-state index is 11.3. The van der Waals surface area contributed by atoms with Crippen LogP contribution in [0.5, 0.6) is 0 Å². The molecule has 0 aliphatic carbocycles. The molecule has 0 saturated heterocycles. The van der Waals surface area contributed by atoms with Crippen LogP contribution in [0.4, 0.5) is 0 Å². The second-order valence-corrected chi connectivity index (χ2v) is 4.22. The SMILES string of the molecule is CCCCOCC(O)CN(CC)CC(=O)OCC. The minimum absolute atomic E-state index is 0.219. The first-order valence-corrected chi connectivity index (χ1v) is 6.77. The summed E-state index contributed by atoms with van der Waals surface area (Å²) < 4.78 is 10.2. The van der Waals surface area contributed by atoms with E-state index in [-0.39, 0.29) is 12.5 Å². The molecule has 0 heterocycles. The van der Waals surface area contributed by atoms with E-state index < -0.39 is 6.10 Å². The number of ether oxygens (including phenoxy) is 2. The van der Waals surface area contributed by atoms with Gasteiger partial charge in [-0.25, -0.2) is 0 Å². The normalized spacial score (nSPS) is 12.7. The van der Waals surface area contributed by atoms with Crippen molar-refractivity contribution in [3.8, 4) is 0 Å². The van der Waals surface area contributed by atoms with E-state index in [1.54, 1.807) is 6.92 Å². The Labute approximate surface area is 110 Å². The van der Waals surface area contributed by atoms with Gasteiger partial charge < -0.3 is 14.6 Å². The Morgan fingerprint density at radius 3 is 2.61 bits per heavy atom. The molecule has 18 heavy (non-hydrogen) atoms. The van der Waals surface area contributed by atoms with Crippen LogP contribution in [0.3, 0.4) is 0 Å². The van der Waals surface area contributed by atoms with E-state index in [1.165, 1.54) is 0 Å². The van der Waals surface area contributed by atoms with Gasteiger partial charge in [0.1, 0.15) is 0 Å². The summed E-state index contributed by atoms with van der Waals surface area (Å²) >= 11 is 0. The van der Waals surface area contributed by atoms with Crippen LogP contribution in [0, 0.1) is 0 Å². The van der Waals surface area contributed by atoms with Gasteiger partial charge in [-0.1, -0.05) is 20.3 Å². The second kappa shape index (κ2) is 11.4. The topological polar surface area (TPSA) is 59.0 Å². The van der Waals surface area contributed by atoms with E-state index in [9.17, 15) is 9.90 Å². The van der Waals surface area contributed by atoms with Crippen LogP contribution in [0.1, 0.15) is 33.6 Å². The molecule has 0 aromatic rings. The van der Waals surface area contributed by atoms with E-state index in [0.717, 1.165) is 12.8 Å². The summed E-state index contributed by atoms with van der Waals surface area (Å²) in [6.07, 6.45) is 1.53. The molecule has 0 rings (SSSR count). The molecule has 0 spiro atoms. The molecule has 0 radical (unpaired) electrons. The lowest BCUT2D eigenvalue weighted by molar-refractivity contribution is -0.144. The molecule has 1 N–H and O–H groups in total. The number of carbonyl (C=O) groups excluding carboxylic acids is 1. The summed E-state index contributed by atoms with van der Waals surface area (Å²) in [5.41, 5.74) is 0. The summed E-state index contributed by atoms with van der Waals surface area (Å²) in [6.45, 7) is 8.56. The predicted octanol–water partition coefficient (Wildman–Crippen LogP) is 1.05. The minimum Gasteiger partial charge on any atom is -0.465 e. The first kappa shape index (κ1) is 17.4. The summed E-state index contributed by atoms with van der Waals surface area (Å²) in [4.78, 5) is 13.2. The first-order valence-electron chi connectivity index (χ1n) is 6.77. The number of aliphatic hydroxyl groups is 1. The quantitative estimate of drug-likeness (QED) is 0.445. The molecule has 0 aliphatic heterocycles. The van der Waals surface area contributed by atoms with Crippen LogP contribution in [0.2, 0.25) is 0 Å². The Kier molecular flexibility index (Phi) is 11.0. The van der Waals surface area contributed by atoms with Gasteiger partial charge in [0.2, 0.25) is 0 Å². The van der Waals surface area contributed by atoms with Gasteiger partial charge in [-0.3, -0.25) is 9.69 Å². The van der Waals surface area contributed by atoms with Crippen molar-refractivity contribution in [2.45, 2.75) is 39.7 Å². The Balaban J connectivity index is 3.78. The molecule has 1 atom stereocenters. The number of rotatable bonds is 11. The number of likely N-dealkylation sites (N-methyl/N-ethyl adjacent to an activating group) is 1. The first-order chi connectivity index (χ1) is 8.63. The maximum Gasteiger partial charge on any atom is 0.320 e. The lowest BCUT2D eigenvalue weighted by atomic mass is 10.3. The predicted molar refractivity (Wildman–Crippen MR) is 70.5 cm³/mol. The van der Waals surface area contributed by atoms with Crippen molar-refractivity contribution in [3.63, 3.8) is 0 Å². The number of nitrogens with zero attached hydrogens (tertiary/aromatic N) is 1. The fraction of sp³-hybridized carbons (Fsp3) is 0.923. The van der Waals surface area contributed by atoms with Crippen LogP contribution in [-0.4, -0.2) is 61.5 Å². The largest absolute Gasteiger partial charge is 0.465 e. The van der Waals surface area contributed by atoms with E-state index in [2.05, 4.69) is 6.92 Å². The number of carbonyl (C=O) groups is 1. The van der Waals surface area contributed by atoms with E-state index >= 15 is 0 Å². The zero-order chi connectivity index (χ0) is 13.8. The maximum atomic E-state index is 11.3. The molecular formula is C13H27NO4. The molecule has 0 saturated carbocycles. The van der Waals surface area contributed by atoms with Crippen LogP contribution < -0.4 is 0 Å². The van der Waals surface area contributed by atoms with Crippen molar-refractivity contribution in [1.82, 2.24) is 4.90 Å². The highest BCUT2D eigenvalue weighted by Crippen LogP contribution is 1.96. The minimum atomic E-state index is -0.559. The van der Waals surface area contributed by atoms with Gasteiger partial charge in [-0.05, 0) is 19.9 Å². The molecule has 1 unspecified atom stereocenters. The lowest BCUT2D eigenvalue weighted by Gasteiger charge is -2.22. The average molecular weight is 261 g/mol. The Morgan fingerprint density at radius 2 is 2.06 bits per heavy atom. The number of aliphatic hydroxyl groups excluding tert-OH is 1. The fourth-order valence-electron chi connectivity index (χ4n) is 1.51. The third-order valence-electron chi connectivity index (χ3n) is 2.53. The Morgan fingerprint density at radius 1 is 1.33 bits per heavy atom. The molecule has 108 valence electrons. The van der Waals surface area contributed by atoms with E-state index in [0.29, 0.717) is 32.9 Å². The summed E-state index contributed by atoms with van der Waals surface area (Å²) in [7, 11) is 0. The highest BCUT2D eigenvalue weighted by atomic mass is 16.5. The van der Waals surface area contributed by atoms with Crippen LogP contribution >= 0.6 is 0 Å². The zero-order valence-corrected chi connectivity index (χ0v) is 11.9. The Bertz CT molecular complexity index is 211. The van der Waals surface area contributed by atoms with Crippen molar-refractivity contribution in [3.05, 3.63) is 0 Å². The molecular weight excluding hydrogens is 234 g/mol. The van der Waals surface area contributed by atoms with Crippen LogP contribution in [-0.2, 0) is 14.3 Å². The van der Waals surface area contributed by atoms with Gasteiger partial charge in [-0.2, -0.15) is 0 Å². The van der Waals surface area contributed by atoms with Gasteiger partial charge in [0.05, 0.1) is 25.9 Å². The van der Waals surface area contributed by atoms with E-state index in [1.807, 2.05) is 11.8 Å². The zero-order valence-electron chi connectivity index (χ0n) is 11.9. The summed E-state index contributed by atoms with van der Waals surface area (Å²) in [6, 6.07) is 0. The molecule has 0 bridgehead atoms. The number of unbranched alkanes of at least 4 members (excludes halogenated alkanes) is 1. The standard InChI is InChI=1S/C13H27NO4/c1-4-7-8-17-11-12(15)9-14(5-2)10-13(16)18-6-3/h12,15H,4-11H2,1-3H3. The molecule has 0 aliphatic rings. The molecule has 0 fully saturated rings. The number of hydrogen-bond donors (Lipinski definition) is 1. The van der Waals surface area contributed by atoms with Gasteiger partial charge in [0.15, 0.2) is 0 Å². The molecule has 0 amide bonds.